The minimum absolute atomic E-state index is 0.156. The first kappa shape index (κ1) is 24.0. The average Bonchev–Trinajstić information content (AvgIpc) is 2.96. The van der Waals surface area contributed by atoms with Gasteiger partial charge in [-0.2, -0.15) is 0 Å². The average molecular weight is 439 g/mol. The highest BCUT2D eigenvalue weighted by Crippen LogP contribution is 2.36. The molecule has 8 heteroatoms. The van der Waals surface area contributed by atoms with Gasteiger partial charge >= 0.3 is 13.1 Å². The van der Waals surface area contributed by atoms with E-state index in [0.717, 1.165) is 16.6 Å². The number of hydrogen-bond donors (Lipinski definition) is 2. The number of carbonyl (C=O) groups excluding carboxylic acids is 1. The quantitative estimate of drug-likeness (QED) is 0.583. The van der Waals surface area contributed by atoms with Crippen LogP contribution in [0.15, 0.2) is 54.6 Å². The lowest BCUT2D eigenvalue weighted by molar-refractivity contribution is -0.142. The lowest BCUT2D eigenvalue weighted by Gasteiger charge is -2.32. The predicted octanol–water partition coefficient (Wildman–Crippen LogP) is 2.31. The van der Waals surface area contributed by atoms with Gasteiger partial charge in [-0.3, -0.25) is 4.79 Å². The molecule has 1 aliphatic heterocycles. The predicted molar refractivity (Wildman–Crippen MR) is 122 cm³/mol. The molecule has 0 spiro atoms. The SMILES string of the molecule is CC1(C)OB(c2ccc(C[C@@H](NC(=O)COCc3ccccc3)C(=O)O)cc2)OC1(C)C. The van der Waals surface area contributed by atoms with Gasteiger partial charge in [0.15, 0.2) is 0 Å². The van der Waals surface area contributed by atoms with E-state index in [0.29, 0.717) is 0 Å². The van der Waals surface area contributed by atoms with E-state index in [1.165, 1.54) is 0 Å². The van der Waals surface area contributed by atoms with Crippen LogP contribution in [0.3, 0.4) is 0 Å². The van der Waals surface area contributed by atoms with Gasteiger partial charge in [-0.05, 0) is 44.3 Å². The fraction of sp³-hybridized carbons (Fsp3) is 0.417. The Morgan fingerprint density at radius 3 is 2.12 bits per heavy atom. The first-order valence-electron chi connectivity index (χ1n) is 10.7. The van der Waals surface area contributed by atoms with Crippen LogP contribution >= 0.6 is 0 Å². The van der Waals surface area contributed by atoms with Gasteiger partial charge in [0.05, 0.1) is 17.8 Å². The Morgan fingerprint density at radius 1 is 0.969 bits per heavy atom. The Labute approximate surface area is 189 Å². The van der Waals surface area contributed by atoms with Gasteiger partial charge in [0.25, 0.3) is 0 Å². The monoisotopic (exact) mass is 439 g/mol. The van der Waals surface area contributed by atoms with Crippen LogP contribution < -0.4 is 10.8 Å². The number of nitrogens with one attached hydrogen (secondary N) is 1. The van der Waals surface area contributed by atoms with Crippen molar-refractivity contribution in [3.63, 3.8) is 0 Å². The van der Waals surface area contributed by atoms with E-state index < -0.39 is 36.2 Å². The van der Waals surface area contributed by atoms with Gasteiger partial charge in [-0.25, -0.2) is 4.79 Å². The summed E-state index contributed by atoms with van der Waals surface area (Å²) in [6.07, 6.45) is 0.156. The summed E-state index contributed by atoms with van der Waals surface area (Å²) >= 11 is 0. The van der Waals surface area contributed by atoms with Gasteiger partial charge in [-0.15, -0.1) is 0 Å². The molecule has 7 nitrogen and oxygen atoms in total. The van der Waals surface area contributed by atoms with E-state index in [4.69, 9.17) is 14.0 Å². The molecular formula is C24H30BNO6. The standard InChI is InChI=1S/C24H30BNO6/c1-23(2)24(3,4)32-25(31-23)19-12-10-17(11-13-19)14-20(22(28)29)26-21(27)16-30-15-18-8-6-5-7-9-18/h5-13,20H,14-16H2,1-4H3,(H,26,27)(H,28,29)/t20-/m1/s1. The number of carbonyl (C=O) groups is 2. The molecule has 0 aliphatic carbocycles. The Morgan fingerprint density at radius 2 is 1.56 bits per heavy atom. The number of ether oxygens (including phenoxy) is 1. The summed E-state index contributed by atoms with van der Waals surface area (Å²) in [4.78, 5) is 23.8. The molecule has 2 aromatic carbocycles. The van der Waals surface area contributed by atoms with Crippen molar-refractivity contribution in [2.24, 2.45) is 0 Å². The minimum atomic E-state index is -1.10. The van der Waals surface area contributed by atoms with Gasteiger partial charge in [0, 0.05) is 6.42 Å². The molecule has 3 rings (SSSR count). The molecule has 1 heterocycles. The summed E-state index contributed by atoms with van der Waals surface area (Å²) in [5.74, 6) is -1.57. The summed E-state index contributed by atoms with van der Waals surface area (Å²) in [5.41, 5.74) is 1.72. The molecule has 170 valence electrons. The number of carboxylic acids is 1. The summed E-state index contributed by atoms with van der Waals surface area (Å²) in [6.45, 7) is 8.04. The molecular weight excluding hydrogens is 409 g/mol. The van der Waals surface area contributed by atoms with Crippen molar-refractivity contribution in [3.05, 3.63) is 65.7 Å². The van der Waals surface area contributed by atoms with Crippen molar-refractivity contribution >= 4 is 24.5 Å². The van der Waals surface area contributed by atoms with Crippen molar-refractivity contribution in [1.82, 2.24) is 5.32 Å². The minimum Gasteiger partial charge on any atom is -0.480 e. The lowest BCUT2D eigenvalue weighted by atomic mass is 9.78. The highest BCUT2D eigenvalue weighted by Gasteiger charge is 2.51. The molecule has 1 amide bonds. The number of amides is 1. The second-order valence-corrected chi connectivity index (χ2v) is 8.97. The summed E-state index contributed by atoms with van der Waals surface area (Å²) in [5, 5.41) is 12.1. The zero-order valence-electron chi connectivity index (χ0n) is 19.0. The second-order valence-electron chi connectivity index (χ2n) is 8.97. The highest BCUT2D eigenvalue weighted by molar-refractivity contribution is 6.62. The van der Waals surface area contributed by atoms with Crippen molar-refractivity contribution in [3.8, 4) is 0 Å². The molecule has 0 bridgehead atoms. The lowest BCUT2D eigenvalue weighted by Crippen LogP contribution is -2.44. The molecule has 1 fully saturated rings. The summed E-state index contributed by atoms with van der Waals surface area (Å²) < 4.78 is 17.5. The van der Waals surface area contributed by atoms with Crippen LogP contribution in [0.2, 0.25) is 0 Å². The van der Waals surface area contributed by atoms with E-state index in [1.807, 2.05) is 82.3 Å². The molecule has 1 aliphatic rings. The fourth-order valence-electron chi connectivity index (χ4n) is 3.30. The molecule has 1 atom stereocenters. The van der Waals surface area contributed by atoms with Crippen LogP contribution in [0, 0.1) is 0 Å². The Bertz CT molecular complexity index is 913. The van der Waals surface area contributed by atoms with Crippen molar-refractivity contribution in [1.29, 1.82) is 0 Å². The topological polar surface area (TPSA) is 94.1 Å². The number of rotatable bonds is 9. The van der Waals surface area contributed by atoms with Crippen LogP contribution in [-0.2, 0) is 36.7 Å². The zero-order chi connectivity index (χ0) is 23.4. The molecule has 0 aromatic heterocycles. The summed E-state index contributed by atoms with van der Waals surface area (Å²) in [7, 11) is -0.481. The van der Waals surface area contributed by atoms with Crippen LogP contribution in [0.1, 0.15) is 38.8 Å². The molecule has 1 saturated heterocycles. The fourth-order valence-corrected chi connectivity index (χ4v) is 3.30. The van der Waals surface area contributed by atoms with Gasteiger partial charge in [0.2, 0.25) is 5.91 Å². The molecule has 0 unspecified atom stereocenters. The largest absolute Gasteiger partial charge is 0.494 e. The molecule has 2 N–H and O–H groups in total. The number of hydrogen-bond acceptors (Lipinski definition) is 5. The summed E-state index contributed by atoms with van der Waals surface area (Å²) in [6, 6.07) is 15.8. The van der Waals surface area contributed by atoms with E-state index in [9.17, 15) is 14.7 Å². The van der Waals surface area contributed by atoms with Gasteiger partial charge in [0.1, 0.15) is 12.6 Å². The third-order valence-electron chi connectivity index (χ3n) is 5.92. The Balaban J connectivity index is 1.53. The van der Waals surface area contributed by atoms with E-state index >= 15 is 0 Å². The molecule has 2 aromatic rings. The molecule has 0 radical (unpaired) electrons. The van der Waals surface area contributed by atoms with E-state index in [1.54, 1.807) is 0 Å². The maximum Gasteiger partial charge on any atom is 0.494 e. The number of aliphatic carboxylic acids is 1. The first-order chi connectivity index (χ1) is 15.1. The van der Waals surface area contributed by atoms with E-state index in [-0.39, 0.29) is 19.6 Å². The van der Waals surface area contributed by atoms with E-state index in [2.05, 4.69) is 5.32 Å². The smallest absolute Gasteiger partial charge is 0.480 e. The Kier molecular flexibility index (Phi) is 7.38. The van der Waals surface area contributed by atoms with Crippen LogP contribution in [0.5, 0.6) is 0 Å². The maximum atomic E-state index is 12.2. The number of carboxylic acid groups (broad SMARTS) is 1. The third kappa shape index (κ3) is 5.97. The Hall–Kier alpha value is -2.68. The van der Waals surface area contributed by atoms with Crippen LogP contribution in [0.25, 0.3) is 0 Å². The van der Waals surface area contributed by atoms with Crippen molar-refractivity contribution < 1.29 is 28.7 Å². The van der Waals surface area contributed by atoms with Gasteiger partial charge in [-0.1, -0.05) is 54.6 Å². The van der Waals surface area contributed by atoms with Crippen LogP contribution in [0.4, 0.5) is 0 Å². The first-order valence-corrected chi connectivity index (χ1v) is 10.7. The van der Waals surface area contributed by atoms with Crippen molar-refractivity contribution in [2.45, 2.75) is 58.0 Å². The van der Waals surface area contributed by atoms with Crippen molar-refractivity contribution in [2.75, 3.05) is 6.61 Å². The second kappa shape index (κ2) is 9.86. The maximum absolute atomic E-state index is 12.2. The molecule has 0 saturated carbocycles. The zero-order valence-corrected chi connectivity index (χ0v) is 19.0. The number of benzene rings is 2. The molecule has 32 heavy (non-hydrogen) atoms. The highest BCUT2D eigenvalue weighted by atomic mass is 16.7. The third-order valence-corrected chi connectivity index (χ3v) is 5.92. The normalized spacial score (nSPS) is 17.7. The van der Waals surface area contributed by atoms with Crippen LogP contribution in [-0.4, -0.2) is 48.0 Å². The van der Waals surface area contributed by atoms with Gasteiger partial charge < -0.3 is 24.5 Å².